The molecule has 38 heavy (non-hydrogen) atoms. The van der Waals surface area contributed by atoms with Crippen molar-refractivity contribution in [2.45, 2.75) is 50.9 Å². The molecule has 198 valence electrons. The second-order valence-corrected chi connectivity index (χ2v) is 10.4. The van der Waals surface area contributed by atoms with Crippen LogP contribution in [0.4, 0.5) is 5.82 Å². The highest BCUT2D eigenvalue weighted by molar-refractivity contribution is 5.94. The number of esters is 1. The first-order valence-corrected chi connectivity index (χ1v) is 13.2. The van der Waals surface area contributed by atoms with Crippen molar-refractivity contribution in [3.8, 4) is 0 Å². The third-order valence-electron chi connectivity index (χ3n) is 8.39. The van der Waals surface area contributed by atoms with Crippen LogP contribution in [-0.4, -0.2) is 71.8 Å². The van der Waals surface area contributed by atoms with Crippen LogP contribution < -0.4 is 5.32 Å². The number of carbonyl (C=O) groups is 2. The van der Waals surface area contributed by atoms with Gasteiger partial charge in [-0.25, -0.2) is 9.78 Å². The summed E-state index contributed by atoms with van der Waals surface area (Å²) >= 11 is 0. The summed E-state index contributed by atoms with van der Waals surface area (Å²) in [5.41, 5.74) is 12.6. The van der Waals surface area contributed by atoms with Crippen LogP contribution in [-0.2, 0) is 27.3 Å². The third-order valence-corrected chi connectivity index (χ3v) is 8.39. The summed E-state index contributed by atoms with van der Waals surface area (Å²) in [7, 11) is 0. The molecule has 3 N–H and O–H groups in total. The Labute approximate surface area is 220 Å². The van der Waals surface area contributed by atoms with E-state index in [-0.39, 0.29) is 29.9 Å². The number of quaternary nitrogens is 1. The predicted molar refractivity (Wildman–Crippen MR) is 136 cm³/mol. The number of nitrogens with one attached hydrogen (secondary N) is 1. The number of aromatic nitrogens is 1. The van der Waals surface area contributed by atoms with Gasteiger partial charge in [-0.3, -0.25) is 15.0 Å². The first-order chi connectivity index (χ1) is 18.5. The number of benzene rings is 1. The number of cyclic esters (lactones) is 1. The second-order valence-electron chi connectivity index (χ2n) is 10.4. The van der Waals surface area contributed by atoms with Crippen LogP contribution in [0.1, 0.15) is 63.2 Å². The van der Waals surface area contributed by atoms with Crippen molar-refractivity contribution in [1.82, 2.24) is 14.8 Å². The van der Waals surface area contributed by atoms with E-state index in [1.165, 1.54) is 6.34 Å². The van der Waals surface area contributed by atoms with Gasteiger partial charge in [0.25, 0.3) is 0 Å². The Hall–Kier alpha value is -3.54. The van der Waals surface area contributed by atoms with E-state index in [4.69, 9.17) is 15.0 Å². The highest BCUT2D eigenvalue weighted by Gasteiger charge is 2.39. The number of carbonyl (C=O) groups excluding carboxylic acids is 2. The lowest BCUT2D eigenvalue weighted by Gasteiger charge is -2.41. The van der Waals surface area contributed by atoms with Crippen LogP contribution in [0.2, 0.25) is 0 Å². The van der Waals surface area contributed by atoms with Gasteiger partial charge < -0.3 is 14.4 Å². The zero-order valence-corrected chi connectivity index (χ0v) is 21.4. The van der Waals surface area contributed by atoms with Gasteiger partial charge in [0.05, 0.1) is 23.3 Å². The average molecular weight is 519 g/mol. The smallest absolute Gasteiger partial charge is 0.338 e. The molecule has 0 bridgehead atoms. The van der Waals surface area contributed by atoms with E-state index < -0.39 is 0 Å². The maximum Gasteiger partial charge on any atom is 0.338 e. The maximum atomic E-state index is 13.6. The quantitative estimate of drug-likeness (QED) is 0.204. The van der Waals surface area contributed by atoms with Crippen molar-refractivity contribution in [3.63, 3.8) is 0 Å². The summed E-state index contributed by atoms with van der Waals surface area (Å²) in [6, 6.07) is 8.04. The molecule has 11 heteroatoms. The molecular weight excluding hydrogens is 486 g/mol. The van der Waals surface area contributed by atoms with E-state index >= 15 is 0 Å². The molecule has 0 saturated carbocycles. The highest BCUT2D eigenvalue weighted by atomic mass is 16.5. The van der Waals surface area contributed by atoms with Gasteiger partial charge in [-0.15, -0.1) is 0 Å². The number of fused-ring (bicyclic) bond motifs is 3. The predicted octanol–water partition coefficient (Wildman–Crippen LogP) is 1.93. The normalized spacial score (nSPS) is 25.0. The lowest BCUT2D eigenvalue weighted by molar-refractivity contribution is -0.438. The fraction of sp³-hybridized carbons (Fsp3) is 0.481. The lowest BCUT2D eigenvalue weighted by Crippen LogP contribution is -2.76. The molecule has 1 aromatic carbocycles. The Bertz CT molecular complexity index is 1310. The van der Waals surface area contributed by atoms with Crippen LogP contribution in [0.5, 0.6) is 0 Å². The second kappa shape index (κ2) is 10.3. The standard InChI is InChI=1S/C27H31N7O4/c1-16-18(2-3-21-22(16)14-38-27(21)36)24-13-33-9-10-34(12-17(33)8-11-37-24)26(35)20-4-6-23-19(20)5-7-25(31-23)29-15-30-32-28/h2-3,5,7,15,17,20,24H,4,6,8-14H2,1H3,(H2,28,29,30,31)/p+1. The van der Waals surface area contributed by atoms with Crippen molar-refractivity contribution in [3.05, 3.63) is 57.8 Å². The van der Waals surface area contributed by atoms with Gasteiger partial charge in [0.1, 0.15) is 6.61 Å². The summed E-state index contributed by atoms with van der Waals surface area (Å²) in [5, 5.41) is 8.21. The monoisotopic (exact) mass is 518 g/mol. The molecule has 3 aliphatic heterocycles. The molecule has 0 radical (unpaired) electrons. The van der Waals surface area contributed by atoms with Crippen molar-refractivity contribution in [2.24, 2.45) is 10.3 Å². The Morgan fingerprint density at radius 2 is 2.05 bits per heavy atom. The van der Waals surface area contributed by atoms with E-state index in [0.717, 1.165) is 66.1 Å². The third kappa shape index (κ3) is 4.50. The van der Waals surface area contributed by atoms with Crippen molar-refractivity contribution in [2.75, 3.05) is 32.8 Å². The van der Waals surface area contributed by atoms with Gasteiger partial charge in [0.2, 0.25) is 18.1 Å². The number of hydrogen-bond donors (Lipinski definition) is 2. The Kier molecular flexibility index (Phi) is 6.73. The topological polar surface area (TPSA) is 137 Å². The number of nitrogens with two attached hydrogens (primary N) is 1. The SMILES string of the molecule is Cc1c(C2CN3CCN(C(=O)C4CCc5nc([NH2+]/C=N\N=N)ccc54)CC3CCO2)ccc2c1COC2=O. The van der Waals surface area contributed by atoms with Crippen LogP contribution in [0.3, 0.4) is 0 Å². The van der Waals surface area contributed by atoms with Crippen molar-refractivity contribution in [1.29, 1.82) is 5.53 Å². The molecule has 1 aliphatic carbocycles. The molecule has 11 nitrogen and oxygen atoms in total. The fourth-order valence-electron chi connectivity index (χ4n) is 6.32. The van der Waals surface area contributed by atoms with Crippen LogP contribution in [0.15, 0.2) is 34.6 Å². The first kappa shape index (κ1) is 24.8. The first-order valence-electron chi connectivity index (χ1n) is 13.2. The molecule has 3 atom stereocenters. The molecule has 2 fully saturated rings. The molecule has 4 aliphatic rings. The molecule has 6 rings (SSSR count). The largest absolute Gasteiger partial charge is 0.457 e. The van der Waals surface area contributed by atoms with Gasteiger partial charge in [-0.05, 0) is 60.2 Å². The molecule has 4 heterocycles. The van der Waals surface area contributed by atoms with Gasteiger partial charge in [0.15, 0.2) is 0 Å². The lowest BCUT2D eigenvalue weighted by atomic mass is 9.94. The minimum Gasteiger partial charge on any atom is -0.457 e. The zero-order valence-electron chi connectivity index (χ0n) is 21.4. The van der Waals surface area contributed by atoms with Crippen LogP contribution in [0.25, 0.3) is 0 Å². The molecule has 3 unspecified atom stereocenters. The number of nitrogens with zero attached hydrogens (tertiary/aromatic N) is 5. The van der Waals surface area contributed by atoms with Crippen LogP contribution in [0, 0.1) is 12.5 Å². The summed E-state index contributed by atoms with van der Waals surface area (Å²) in [6.07, 6.45) is 3.81. The molecule has 1 amide bonds. The Balaban J connectivity index is 1.12. The van der Waals surface area contributed by atoms with E-state index in [2.05, 4.69) is 27.1 Å². The van der Waals surface area contributed by atoms with Crippen LogP contribution >= 0.6 is 0 Å². The summed E-state index contributed by atoms with van der Waals surface area (Å²) in [5.74, 6) is 0.549. The summed E-state index contributed by atoms with van der Waals surface area (Å²) in [6.45, 7) is 6.01. The van der Waals surface area contributed by atoms with E-state index in [1.807, 2.05) is 29.2 Å². The van der Waals surface area contributed by atoms with Gasteiger partial charge in [-0.1, -0.05) is 11.2 Å². The minimum absolute atomic E-state index is 0.0677. The summed E-state index contributed by atoms with van der Waals surface area (Å²) < 4.78 is 11.6. The Morgan fingerprint density at radius 1 is 1.18 bits per heavy atom. The molecule has 1 aromatic heterocycles. The number of piperazine rings is 1. The van der Waals surface area contributed by atoms with Crippen molar-refractivity contribution < 1.29 is 24.4 Å². The van der Waals surface area contributed by atoms with E-state index in [0.29, 0.717) is 31.9 Å². The Morgan fingerprint density at radius 3 is 2.92 bits per heavy atom. The molecule has 2 saturated heterocycles. The van der Waals surface area contributed by atoms with E-state index in [9.17, 15) is 9.59 Å². The van der Waals surface area contributed by atoms with E-state index in [1.54, 1.807) is 5.32 Å². The van der Waals surface area contributed by atoms with Crippen molar-refractivity contribution >= 4 is 24.0 Å². The number of ether oxygens (including phenoxy) is 2. The molecular formula is C27H32N7O4+. The van der Waals surface area contributed by atoms with Gasteiger partial charge >= 0.3 is 5.97 Å². The van der Waals surface area contributed by atoms with Gasteiger partial charge in [-0.2, -0.15) is 5.53 Å². The van der Waals surface area contributed by atoms with Gasteiger partial charge in [0, 0.05) is 50.5 Å². The zero-order chi connectivity index (χ0) is 26.2. The maximum absolute atomic E-state index is 13.6. The minimum atomic E-state index is -0.247. The number of aryl methyl sites for hydroxylation is 1. The number of pyridine rings is 1. The number of rotatable bonds is 5. The summed E-state index contributed by atoms with van der Waals surface area (Å²) in [4.78, 5) is 34.8. The average Bonchev–Trinajstić information content (AvgIpc) is 3.45. The highest BCUT2D eigenvalue weighted by Crippen LogP contribution is 2.36. The number of hydrogen-bond acceptors (Lipinski definition) is 8. The fourth-order valence-corrected chi connectivity index (χ4v) is 6.32. The number of amides is 1. The molecule has 2 aromatic rings. The molecule has 0 spiro atoms.